The summed E-state index contributed by atoms with van der Waals surface area (Å²) < 4.78 is 10.6. The van der Waals surface area contributed by atoms with Gasteiger partial charge in [0.05, 0.1) is 38.1 Å². The number of nitrogens with one attached hydrogen (secondary N) is 1. The summed E-state index contributed by atoms with van der Waals surface area (Å²) in [6.45, 7) is 5.99. The molecule has 0 fully saturated rings. The van der Waals surface area contributed by atoms with Crippen molar-refractivity contribution in [3.63, 3.8) is 0 Å². The summed E-state index contributed by atoms with van der Waals surface area (Å²) in [6.07, 6.45) is -0.967. The van der Waals surface area contributed by atoms with Crippen LogP contribution in [0.4, 0.5) is 0 Å². The first-order valence-corrected chi connectivity index (χ1v) is 7.40. The van der Waals surface area contributed by atoms with Crippen LogP contribution in [0.25, 0.3) is 0 Å². The largest absolute Gasteiger partial charge is 0.389 e. The highest BCUT2D eigenvalue weighted by Crippen LogP contribution is 2.10. The molecule has 0 heterocycles. The monoisotopic (exact) mass is 297 g/mol. The molecule has 0 radical (unpaired) electrons. The van der Waals surface area contributed by atoms with Gasteiger partial charge >= 0.3 is 0 Å². The van der Waals surface area contributed by atoms with Crippen LogP contribution in [0.1, 0.15) is 25.5 Å². The Hall–Kier alpha value is -0.980. The number of hydrogen-bond acceptors (Lipinski definition) is 5. The molecular weight excluding hydrogens is 270 g/mol. The maximum Gasteiger partial charge on any atom is 0.0914 e. The Bertz CT molecular complexity index is 359. The van der Waals surface area contributed by atoms with Crippen LogP contribution in [0.2, 0.25) is 0 Å². The molecule has 2 unspecified atom stereocenters. The fourth-order valence-electron chi connectivity index (χ4n) is 1.80. The Labute approximate surface area is 126 Å². The van der Waals surface area contributed by atoms with Crippen molar-refractivity contribution in [3.8, 4) is 0 Å². The predicted molar refractivity (Wildman–Crippen MR) is 82.2 cm³/mol. The van der Waals surface area contributed by atoms with Gasteiger partial charge in [0.2, 0.25) is 0 Å². The molecule has 0 amide bonds. The zero-order chi connectivity index (χ0) is 15.5. The van der Waals surface area contributed by atoms with Crippen LogP contribution in [0.15, 0.2) is 30.3 Å². The van der Waals surface area contributed by atoms with Gasteiger partial charge < -0.3 is 25.0 Å². The normalized spacial score (nSPS) is 14.3. The number of aliphatic hydroxyl groups is 2. The van der Waals surface area contributed by atoms with E-state index in [4.69, 9.17) is 9.47 Å². The fraction of sp³-hybridized carbons (Fsp3) is 0.625. The summed E-state index contributed by atoms with van der Waals surface area (Å²) in [5.41, 5.74) is 0.863. The molecule has 1 aromatic carbocycles. The summed E-state index contributed by atoms with van der Waals surface area (Å²) in [5, 5.41) is 22.7. The maximum atomic E-state index is 9.94. The van der Waals surface area contributed by atoms with E-state index in [-0.39, 0.29) is 12.7 Å². The van der Waals surface area contributed by atoms with Crippen LogP contribution in [-0.2, 0) is 9.47 Å². The minimum Gasteiger partial charge on any atom is -0.389 e. The second-order valence-electron chi connectivity index (χ2n) is 5.23. The lowest BCUT2D eigenvalue weighted by molar-refractivity contribution is -0.0104. The molecule has 0 aliphatic carbocycles. The van der Waals surface area contributed by atoms with Gasteiger partial charge in [0.25, 0.3) is 0 Å². The molecule has 2 atom stereocenters. The quantitative estimate of drug-likeness (QED) is 0.534. The van der Waals surface area contributed by atoms with Crippen LogP contribution in [0.5, 0.6) is 0 Å². The molecule has 0 saturated heterocycles. The first-order chi connectivity index (χ1) is 10.1. The summed E-state index contributed by atoms with van der Waals surface area (Å²) in [5.74, 6) is 0. The average Bonchev–Trinajstić information content (AvgIpc) is 2.47. The van der Waals surface area contributed by atoms with Crippen LogP contribution in [0, 0.1) is 0 Å². The van der Waals surface area contributed by atoms with Crippen LogP contribution in [0.3, 0.4) is 0 Å². The van der Waals surface area contributed by atoms with Crippen LogP contribution in [-0.4, -0.2) is 55.3 Å². The van der Waals surface area contributed by atoms with Gasteiger partial charge in [-0.05, 0) is 19.4 Å². The minimum absolute atomic E-state index is 0.194. The van der Waals surface area contributed by atoms with Crippen LogP contribution < -0.4 is 5.32 Å². The topological polar surface area (TPSA) is 71.0 Å². The number of ether oxygens (including phenoxy) is 2. The molecule has 0 spiro atoms. The summed E-state index contributed by atoms with van der Waals surface area (Å²) in [4.78, 5) is 0. The highest BCUT2D eigenvalue weighted by molar-refractivity contribution is 5.17. The van der Waals surface area contributed by atoms with Crippen molar-refractivity contribution < 1.29 is 19.7 Å². The first kappa shape index (κ1) is 18.1. The van der Waals surface area contributed by atoms with Gasteiger partial charge in [-0.1, -0.05) is 30.3 Å². The van der Waals surface area contributed by atoms with Crippen molar-refractivity contribution in [2.45, 2.75) is 32.2 Å². The smallest absolute Gasteiger partial charge is 0.0914 e. The van der Waals surface area contributed by atoms with Crippen molar-refractivity contribution >= 4 is 0 Å². The van der Waals surface area contributed by atoms with E-state index in [0.717, 1.165) is 5.56 Å². The third-order valence-corrected chi connectivity index (χ3v) is 2.89. The molecule has 0 aromatic heterocycles. The van der Waals surface area contributed by atoms with E-state index in [1.165, 1.54) is 0 Å². The number of hydrogen-bond donors (Lipinski definition) is 3. The molecule has 0 bridgehead atoms. The fourth-order valence-corrected chi connectivity index (χ4v) is 1.80. The Morgan fingerprint density at radius 3 is 2.43 bits per heavy atom. The van der Waals surface area contributed by atoms with E-state index in [9.17, 15) is 10.2 Å². The van der Waals surface area contributed by atoms with Gasteiger partial charge in [-0.2, -0.15) is 0 Å². The van der Waals surface area contributed by atoms with Crippen LogP contribution >= 0.6 is 0 Å². The summed E-state index contributed by atoms with van der Waals surface area (Å²) in [7, 11) is 0. The van der Waals surface area contributed by atoms with E-state index in [2.05, 4.69) is 5.32 Å². The zero-order valence-corrected chi connectivity index (χ0v) is 12.9. The Balaban J connectivity index is 2.04. The molecule has 1 rings (SSSR count). The van der Waals surface area contributed by atoms with Gasteiger partial charge in [0.15, 0.2) is 0 Å². The second-order valence-corrected chi connectivity index (χ2v) is 5.23. The highest BCUT2D eigenvalue weighted by atomic mass is 16.5. The molecular formula is C16H27NO4. The molecule has 5 heteroatoms. The Kier molecular flexibility index (Phi) is 9.21. The van der Waals surface area contributed by atoms with E-state index in [1.54, 1.807) is 0 Å². The lowest BCUT2D eigenvalue weighted by Crippen LogP contribution is -2.33. The summed E-state index contributed by atoms with van der Waals surface area (Å²) in [6, 6.07) is 9.44. The van der Waals surface area contributed by atoms with Gasteiger partial charge in [-0.15, -0.1) is 0 Å². The predicted octanol–water partition coefficient (Wildman–Crippen LogP) is 1.11. The maximum absolute atomic E-state index is 9.94. The lowest BCUT2D eigenvalue weighted by Gasteiger charge is -2.15. The zero-order valence-electron chi connectivity index (χ0n) is 12.9. The lowest BCUT2D eigenvalue weighted by atomic mass is 10.1. The van der Waals surface area contributed by atoms with Crippen molar-refractivity contribution in [2.24, 2.45) is 0 Å². The number of rotatable bonds is 11. The van der Waals surface area contributed by atoms with Crippen molar-refractivity contribution in [1.29, 1.82) is 0 Å². The number of aliphatic hydroxyl groups excluding tert-OH is 2. The van der Waals surface area contributed by atoms with Crippen molar-refractivity contribution in [1.82, 2.24) is 5.32 Å². The third-order valence-electron chi connectivity index (χ3n) is 2.89. The van der Waals surface area contributed by atoms with E-state index < -0.39 is 12.2 Å². The molecule has 5 nitrogen and oxygen atoms in total. The van der Waals surface area contributed by atoms with Crippen molar-refractivity contribution in [3.05, 3.63) is 35.9 Å². The second kappa shape index (κ2) is 10.7. The first-order valence-electron chi connectivity index (χ1n) is 7.40. The standard InChI is InChI=1S/C16H27NO4/c1-13(2)21-9-8-20-12-15(18)10-17-11-16(19)14-6-4-3-5-7-14/h3-7,13,15-19H,8-12H2,1-2H3. The summed E-state index contributed by atoms with van der Waals surface area (Å²) >= 11 is 0. The van der Waals surface area contributed by atoms with E-state index in [0.29, 0.717) is 26.3 Å². The van der Waals surface area contributed by atoms with Crippen molar-refractivity contribution in [2.75, 3.05) is 32.9 Å². The molecule has 0 saturated carbocycles. The molecule has 3 N–H and O–H groups in total. The Morgan fingerprint density at radius 2 is 1.76 bits per heavy atom. The molecule has 0 aliphatic rings. The number of benzene rings is 1. The molecule has 120 valence electrons. The van der Waals surface area contributed by atoms with E-state index in [1.807, 2.05) is 44.2 Å². The SMILES string of the molecule is CC(C)OCCOCC(O)CNCC(O)c1ccccc1. The third kappa shape index (κ3) is 8.80. The average molecular weight is 297 g/mol. The molecule has 1 aromatic rings. The minimum atomic E-state index is -0.591. The van der Waals surface area contributed by atoms with Gasteiger partial charge in [-0.3, -0.25) is 0 Å². The molecule has 21 heavy (non-hydrogen) atoms. The van der Waals surface area contributed by atoms with Gasteiger partial charge in [0.1, 0.15) is 0 Å². The van der Waals surface area contributed by atoms with Gasteiger partial charge in [-0.25, -0.2) is 0 Å². The molecule has 0 aliphatic heterocycles. The van der Waals surface area contributed by atoms with E-state index >= 15 is 0 Å². The highest BCUT2D eigenvalue weighted by Gasteiger charge is 2.08. The van der Waals surface area contributed by atoms with Gasteiger partial charge in [0, 0.05) is 13.1 Å². The Morgan fingerprint density at radius 1 is 1.05 bits per heavy atom.